The molecule has 0 bridgehead atoms. The lowest BCUT2D eigenvalue weighted by Crippen LogP contribution is -2.29. The number of nitrogens with zero attached hydrogens (tertiary/aromatic N) is 2. The second-order valence-electron chi connectivity index (χ2n) is 5.87. The molecule has 0 unspecified atom stereocenters. The molecule has 0 atom stereocenters. The van der Waals surface area contributed by atoms with Gasteiger partial charge in [0.2, 0.25) is 11.8 Å². The van der Waals surface area contributed by atoms with Gasteiger partial charge in [0.15, 0.2) is 0 Å². The predicted octanol–water partition coefficient (Wildman–Crippen LogP) is 2.06. The number of benzene rings is 2. The largest absolute Gasteiger partial charge is 0.495 e. The van der Waals surface area contributed by atoms with Crippen LogP contribution in [0.4, 0.5) is 17.1 Å². The second-order valence-corrected chi connectivity index (χ2v) is 7.55. The highest BCUT2D eigenvalue weighted by Gasteiger charge is 2.33. The first-order chi connectivity index (χ1) is 13.2. The monoisotopic (exact) mass is 405 g/mol. The van der Waals surface area contributed by atoms with Gasteiger partial charge in [0.25, 0.3) is 15.7 Å². The fraction of sp³-hybridized carbons (Fsp3) is 0.176. The SMILES string of the molecule is COc1ccc(S(=O)(=O)Nc2cccc([N+](=O)[O-])c2)cc1N1C(=O)CCC1=O. The third-order valence-electron chi connectivity index (χ3n) is 4.06. The molecule has 11 heteroatoms. The van der Waals surface area contributed by atoms with Crippen LogP contribution in [0.15, 0.2) is 47.4 Å². The highest BCUT2D eigenvalue weighted by Crippen LogP contribution is 2.34. The molecule has 2 aromatic carbocycles. The van der Waals surface area contributed by atoms with Gasteiger partial charge in [-0.2, -0.15) is 0 Å². The summed E-state index contributed by atoms with van der Waals surface area (Å²) in [5.74, 6) is -0.744. The molecule has 0 spiro atoms. The van der Waals surface area contributed by atoms with E-state index in [1.165, 1.54) is 37.4 Å². The van der Waals surface area contributed by atoms with Gasteiger partial charge in [-0.15, -0.1) is 0 Å². The Morgan fingerprint density at radius 1 is 1.11 bits per heavy atom. The van der Waals surface area contributed by atoms with Crippen LogP contribution in [0.5, 0.6) is 5.75 Å². The number of hydrogen-bond donors (Lipinski definition) is 1. The average Bonchev–Trinajstić information content (AvgIpc) is 2.99. The van der Waals surface area contributed by atoms with E-state index in [9.17, 15) is 28.1 Å². The van der Waals surface area contributed by atoms with Gasteiger partial charge < -0.3 is 4.74 Å². The molecular formula is C17H15N3O7S. The van der Waals surface area contributed by atoms with Crippen LogP contribution < -0.4 is 14.4 Å². The normalized spacial score (nSPS) is 14.2. The summed E-state index contributed by atoms with van der Waals surface area (Å²) in [6.45, 7) is 0. The van der Waals surface area contributed by atoms with Gasteiger partial charge in [0, 0.05) is 25.0 Å². The number of nitro groups is 1. The van der Waals surface area contributed by atoms with E-state index in [1.54, 1.807) is 0 Å². The van der Waals surface area contributed by atoms with Gasteiger partial charge in [-0.05, 0) is 24.3 Å². The van der Waals surface area contributed by atoms with Gasteiger partial charge >= 0.3 is 0 Å². The molecule has 2 amide bonds. The smallest absolute Gasteiger partial charge is 0.271 e. The number of nitrogens with one attached hydrogen (secondary N) is 1. The minimum atomic E-state index is -4.15. The lowest BCUT2D eigenvalue weighted by molar-refractivity contribution is -0.384. The topological polar surface area (TPSA) is 136 Å². The number of methoxy groups -OCH3 is 1. The molecule has 1 aliphatic rings. The predicted molar refractivity (Wildman–Crippen MR) is 98.6 cm³/mol. The summed E-state index contributed by atoms with van der Waals surface area (Å²) < 4.78 is 32.8. The fourth-order valence-corrected chi connectivity index (χ4v) is 3.82. The van der Waals surface area contributed by atoms with Crippen molar-refractivity contribution in [1.82, 2.24) is 0 Å². The zero-order chi connectivity index (χ0) is 20.5. The third-order valence-corrected chi connectivity index (χ3v) is 5.44. The molecule has 0 radical (unpaired) electrons. The zero-order valence-corrected chi connectivity index (χ0v) is 15.4. The van der Waals surface area contributed by atoms with Crippen LogP contribution in [-0.2, 0) is 19.6 Å². The van der Waals surface area contributed by atoms with Crippen molar-refractivity contribution in [3.8, 4) is 5.75 Å². The first-order valence-corrected chi connectivity index (χ1v) is 9.52. The van der Waals surface area contributed by atoms with Gasteiger partial charge in [-0.1, -0.05) is 6.07 Å². The molecular weight excluding hydrogens is 390 g/mol. The second kappa shape index (κ2) is 7.27. The Balaban J connectivity index is 1.99. The maximum atomic E-state index is 12.7. The van der Waals surface area contributed by atoms with E-state index in [4.69, 9.17) is 4.74 Å². The summed E-state index contributed by atoms with van der Waals surface area (Å²) in [6.07, 6.45) is 0.0653. The summed E-state index contributed by atoms with van der Waals surface area (Å²) in [7, 11) is -2.81. The summed E-state index contributed by atoms with van der Waals surface area (Å²) in [4.78, 5) is 34.9. The summed E-state index contributed by atoms with van der Waals surface area (Å²) in [5, 5.41) is 10.9. The van der Waals surface area contributed by atoms with E-state index < -0.39 is 26.8 Å². The standard InChI is InChI=1S/C17H15N3O7S/c1-27-15-6-5-13(10-14(15)19-16(21)7-8-17(19)22)28(25,26)18-11-3-2-4-12(9-11)20(23)24/h2-6,9-10,18H,7-8H2,1H3. The molecule has 1 saturated heterocycles. The Morgan fingerprint density at radius 2 is 1.79 bits per heavy atom. The molecule has 1 aliphatic heterocycles. The number of ether oxygens (including phenoxy) is 1. The highest BCUT2D eigenvalue weighted by atomic mass is 32.2. The number of non-ortho nitro benzene ring substituents is 1. The van der Waals surface area contributed by atoms with Crippen molar-refractivity contribution in [3.63, 3.8) is 0 Å². The first kappa shape index (κ1) is 19.3. The number of carbonyl (C=O) groups excluding carboxylic acids is 2. The highest BCUT2D eigenvalue weighted by molar-refractivity contribution is 7.92. The van der Waals surface area contributed by atoms with Crippen molar-refractivity contribution in [2.75, 3.05) is 16.7 Å². The minimum Gasteiger partial charge on any atom is -0.495 e. The van der Waals surface area contributed by atoms with E-state index in [0.717, 1.165) is 17.0 Å². The number of hydrogen-bond acceptors (Lipinski definition) is 7. The van der Waals surface area contributed by atoms with Crippen LogP contribution in [-0.4, -0.2) is 32.3 Å². The molecule has 1 fully saturated rings. The number of anilines is 2. The van der Waals surface area contributed by atoms with Crippen LogP contribution in [0.25, 0.3) is 0 Å². The quantitative estimate of drug-likeness (QED) is 0.441. The van der Waals surface area contributed by atoms with Crippen molar-refractivity contribution in [3.05, 3.63) is 52.6 Å². The van der Waals surface area contributed by atoms with Crippen molar-refractivity contribution in [2.24, 2.45) is 0 Å². The van der Waals surface area contributed by atoms with Crippen LogP contribution in [0.1, 0.15) is 12.8 Å². The van der Waals surface area contributed by atoms with Crippen molar-refractivity contribution in [1.29, 1.82) is 0 Å². The number of nitro benzene ring substituents is 1. The van der Waals surface area contributed by atoms with E-state index in [1.807, 2.05) is 0 Å². The maximum Gasteiger partial charge on any atom is 0.271 e. The summed E-state index contributed by atoms with van der Waals surface area (Å²) >= 11 is 0. The average molecular weight is 405 g/mol. The Hall–Kier alpha value is -3.47. The molecule has 2 aromatic rings. The van der Waals surface area contributed by atoms with Crippen LogP contribution in [0.2, 0.25) is 0 Å². The maximum absolute atomic E-state index is 12.7. The number of imide groups is 1. The third kappa shape index (κ3) is 3.64. The number of carbonyl (C=O) groups is 2. The molecule has 1 N–H and O–H groups in total. The van der Waals surface area contributed by atoms with Crippen LogP contribution in [0.3, 0.4) is 0 Å². The van der Waals surface area contributed by atoms with Gasteiger partial charge in [-0.3, -0.25) is 24.4 Å². The van der Waals surface area contributed by atoms with E-state index in [2.05, 4.69) is 4.72 Å². The molecule has 0 saturated carbocycles. The lowest BCUT2D eigenvalue weighted by atomic mass is 10.2. The molecule has 0 aliphatic carbocycles. The Bertz CT molecular complexity index is 1070. The van der Waals surface area contributed by atoms with Crippen molar-refractivity contribution < 1.29 is 27.7 Å². The molecule has 28 heavy (non-hydrogen) atoms. The van der Waals surface area contributed by atoms with E-state index in [-0.39, 0.29) is 40.5 Å². The number of sulfonamides is 1. The van der Waals surface area contributed by atoms with Gasteiger partial charge in [-0.25, -0.2) is 13.3 Å². The zero-order valence-electron chi connectivity index (χ0n) is 14.6. The summed E-state index contributed by atoms with van der Waals surface area (Å²) in [5.41, 5.74) is -0.249. The van der Waals surface area contributed by atoms with Crippen LogP contribution >= 0.6 is 0 Å². The molecule has 10 nitrogen and oxygen atoms in total. The molecule has 146 valence electrons. The number of rotatable bonds is 6. The van der Waals surface area contributed by atoms with Crippen LogP contribution in [0, 0.1) is 10.1 Å². The lowest BCUT2D eigenvalue weighted by Gasteiger charge is -2.18. The van der Waals surface area contributed by atoms with E-state index >= 15 is 0 Å². The first-order valence-electron chi connectivity index (χ1n) is 8.04. The molecule has 1 heterocycles. The van der Waals surface area contributed by atoms with Crippen molar-refractivity contribution >= 4 is 38.9 Å². The molecule has 0 aromatic heterocycles. The van der Waals surface area contributed by atoms with Crippen molar-refractivity contribution in [2.45, 2.75) is 17.7 Å². The number of amides is 2. The van der Waals surface area contributed by atoms with Gasteiger partial charge in [0.05, 0.1) is 28.3 Å². The summed E-state index contributed by atoms with van der Waals surface area (Å²) in [6, 6.07) is 8.74. The van der Waals surface area contributed by atoms with Gasteiger partial charge in [0.1, 0.15) is 5.75 Å². The molecule has 3 rings (SSSR count). The fourth-order valence-electron chi connectivity index (χ4n) is 2.75. The minimum absolute atomic E-state index is 0.0000988. The van der Waals surface area contributed by atoms with E-state index in [0.29, 0.717) is 0 Å². The Kier molecular flexibility index (Phi) is 5.01. The Morgan fingerprint density at radius 3 is 2.39 bits per heavy atom. The Labute approximate surface area is 159 Å².